The summed E-state index contributed by atoms with van der Waals surface area (Å²) in [7, 11) is 10.3. The predicted molar refractivity (Wildman–Crippen MR) is 169 cm³/mol. The Labute approximate surface area is 280 Å². The summed E-state index contributed by atoms with van der Waals surface area (Å²) in [5.74, 6) is -2.35. The largest absolute Gasteiger partial charge is 0.462 e. The first kappa shape index (κ1) is 38.3. The molecule has 2 aliphatic carbocycles. The Hall–Kier alpha value is 3.13. The predicted octanol–water partition coefficient (Wildman–Crippen LogP) is 5.11. The molecule has 221 valence electrons. The van der Waals surface area contributed by atoms with Gasteiger partial charge >= 0.3 is 5.97 Å². The van der Waals surface area contributed by atoms with Crippen LogP contribution >= 0.6 is 57.2 Å². The molecule has 1 heterocycles. The number of ketones is 1. The number of aliphatic hydroxyl groups is 3. The van der Waals surface area contributed by atoms with Crippen molar-refractivity contribution < 1.29 is 83.0 Å². The Morgan fingerprint density at radius 3 is 2.15 bits per heavy atom. The van der Waals surface area contributed by atoms with Gasteiger partial charge < -0.3 is 29.3 Å². The van der Waals surface area contributed by atoms with Gasteiger partial charge in [-0.3, -0.25) is 9.59 Å². The number of ether oxygens (including phenoxy) is 2. The molecule has 1 saturated carbocycles. The first-order chi connectivity index (χ1) is 17.4. The van der Waals surface area contributed by atoms with Crippen LogP contribution in [0.15, 0.2) is 11.6 Å². The molecule has 39 heavy (non-hydrogen) atoms. The number of allylic oxidation sites excluding steroid dienone is 1. The van der Waals surface area contributed by atoms with Crippen LogP contribution in [0.2, 0.25) is 0 Å². The van der Waals surface area contributed by atoms with Crippen molar-refractivity contribution in [2.24, 2.45) is 22.7 Å². The minimum Gasteiger partial charge on any atom is -0.462 e. The van der Waals surface area contributed by atoms with Gasteiger partial charge in [0.15, 0.2) is 5.78 Å². The second-order valence-corrected chi connectivity index (χ2v) is 35.2. The number of rotatable bonds is 9. The van der Waals surface area contributed by atoms with E-state index >= 15 is 0 Å². The average molecular weight is 891 g/mol. The van der Waals surface area contributed by atoms with Gasteiger partial charge in [-0.1, -0.05) is 19.9 Å². The Kier molecular flexibility index (Phi) is 14.4. The molecular weight excluding hydrogens is 848 g/mol. The fourth-order valence-corrected chi connectivity index (χ4v) is 39.5. The van der Waals surface area contributed by atoms with Gasteiger partial charge in [0, 0.05) is 69.2 Å². The normalized spacial score (nSPS) is 37.3. The molecule has 1 radical (unpaired) electrons. The van der Waals surface area contributed by atoms with E-state index in [2.05, 4.69) is 35.7 Å². The summed E-state index contributed by atoms with van der Waals surface area (Å²) in [6.45, 7) is 9.06. The van der Waals surface area contributed by atoms with Crippen LogP contribution in [0.5, 0.6) is 0 Å². The summed E-state index contributed by atoms with van der Waals surface area (Å²) in [5, 5.41) is 33.6. The van der Waals surface area contributed by atoms with Crippen LogP contribution in [-0.4, -0.2) is 69.8 Å². The second kappa shape index (κ2) is 14.7. The third-order valence-electron chi connectivity index (χ3n) is 8.47. The van der Waals surface area contributed by atoms with Crippen LogP contribution in [0.3, 0.4) is 0 Å². The molecule has 3 aliphatic rings. The summed E-state index contributed by atoms with van der Waals surface area (Å²) in [5.41, 5.74) is -2.56. The summed E-state index contributed by atoms with van der Waals surface area (Å²) in [6, 6.07) is 0. The van der Waals surface area contributed by atoms with E-state index in [0.29, 0.717) is 6.42 Å². The Balaban J connectivity index is 0.00000533. The van der Waals surface area contributed by atoms with E-state index in [1.54, 1.807) is 6.92 Å². The van der Waals surface area contributed by atoms with Crippen molar-refractivity contribution >= 4 is 69.0 Å². The summed E-state index contributed by atoms with van der Waals surface area (Å²) in [6.07, 6.45) is -1.75. The van der Waals surface area contributed by atoms with Gasteiger partial charge in [-0.2, -0.15) is 0 Å². The molecule has 13 atom stereocenters. The number of Topliss-reactive ketones (excluding diaryl/α,β-unsaturated/α-hetero) is 1. The molecule has 2 fully saturated rings. The van der Waals surface area contributed by atoms with Crippen LogP contribution in [-0.2, 0) is 23.6 Å². The molecule has 0 aromatic rings. The van der Waals surface area contributed by atoms with Crippen LogP contribution < -0.4 is 0 Å². The maximum Gasteiger partial charge on any atom is 0.302 e. The zero-order valence-corrected chi connectivity index (χ0v) is 35.4. The topological polar surface area (TPSA) is 123 Å². The van der Waals surface area contributed by atoms with Crippen molar-refractivity contribution in [2.45, 2.75) is 90.5 Å². The standard InChI is InChI=1S/C23H43O8P7.Ac/c1-11-9-21(4,5)14(7-15(11)26)18(30-13(3)25)19-22(6,20(27)12(2)24)16(8-17-23(19,28)10-29-17)31-36(37(32)33)38(34)35;/h9,12,14-19,24,26,28H,7-8,10,32-35H2,1-6H3;/t12-,14?,15+,16+,17-,18-,19+,22-,23+;/m1./s1. The Morgan fingerprint density at radius 1 is 1.15 bits per heavy atom. The minimum absolute atomic E-state index is 0. The van der Waals surface area contributed by atoms with Gasteiger partial charge in [0.25, 0.3) is 0 Å². The van der Waals surface area contributed by atoms with Crippen molar-refractivity contribution in [3.8, 4) is 0 Å². The van der Waals surface area contributed by atoms with E-state index < -0.39 is 92.0 Å². The Bertz CT molecular complexity index is 945. The molecule has 0 spiro atoms. The summed E-state index contributed by atoms with van der Waals surface area (Å²) >= 11 is 0. The van der Waals surface area contributed by atoms with E-state index in [1.165, 1.54) is 13.8 Å². The molecule has 1 saturated heterocycles. The van der Waals surface area contributed by atoms with Gasteiger partial charge in [0.05, 0.1) is 37.9 Å². The maximum absolute atomic E-state index is 14.0. The fourth-order valence-electron chi connectivity index (χ4n) is 6.63. The third kappa shape index (κ3) is 7.75. The fraction of sp³-hybridized carbons (Fsp3) is 0.826. The molecule has 3 N–H and O–H groups in total. The first-order valence-electron chi connectivity index (χ1n) is 12.5. The summed E-state index contributed by atoms with van der Waals surface area (Å²) < 4.78 is 18.7. The van der Waals surface area contributed by atoms with E-state index in [1.807, 2.05) is 26.8 Å². The van der Waals surface area contributed by atoms with Gasteiger partial charge in [0.2, 0.25) is 0 Å². The second-order valence-electron chi connectivity index (χ2n) is 11.6. The molecule has 16 heteroatoms. The van der Waals surface area contributed by atoms with E-state index in [0.717, 1.165) is 5.57 Å². The molecular formula is C23H43AcO8P7. The number of fused-ring (bicyclic) bond motifs is 1. The number of carbonyl (C=O) groups excluding carboxylic acids is 2. The number of carbonyl (C=O) groups is 2. The van der Waals surface area contributed by atoms with Crippen molar-refractivity contribution in [1.82, 2.24) is 0 Å². The van der Waals surface area contributed by atoms with E-state index in [4.69, 9.17) is 14.0 Å². The number of hydrogen-bond donors (Lipinski definition) is 3. The van der Waals surface area contributed by atoms with Gasteiger partial charge in [0.1, 0.15) is 17.8 Å². The molecule has 0 amide bonds. The molecule has 8 nitrogen and oxygen atoms in total. The third-order valence-corrected chi connectivity index (χ3v) is 30.9. The molecule has 0 bridgehead atoms. The average Bonchev–Trinajstić information content (AvgIpc) is 2.77. The number of esters is 1. The van der Waals surface area contributed by atoms with Crippen LogP contribution in [0.1, 0.15) is 54.4 Å². The van der Waals surface area contributed by atoms with Crippen LogP contribution in [0.4, 0.5) is 0 Å². The Morgan fingerprint density at radius 2 is 1.72 bits per heavy atom. The summed E-state index contributed by atoms with van der Waals surface area (Å²) in [4.78, 5) is 26.6. The molecule has 0 aromatic heterocycles. The van der Waals surface area contributed by atoms with Crippen molar-refractivity contribution in [3.63, 3.8) is 0 Å². The van der Waals surface area contributed by atoms with Gasteiger partial charge in [-0.05, 0) is 52.2 Å². The van der Waals surface area contributed by atoms with Gasteiger partial charge in [-0.25, -0.2) is 0 Å². The van der Waals surface area contributed by atoms with Crippen molar-refractivity contribution in [2.75, 3.05) is 6.61 Å². The van der Waals surface area contributed by atoms with Gasteiger partial charge in [-0.15, -0.1) is 35.7 Å². The van der Waals surface area contributed by atoms with Crippen LogP contribution in [0.25, 0.3) is 0 Å². The zero-order valence-electron chi connectivity index (χ0n) is 23.4. The van der Waals surface area contributed by atoms with E-state index in [9.17, 15) is 24.9 Å². The van der Waals surface area contributed by atoms with Crippen molar-refractivity contribution in [1.29, 1.82) is 0 Å². The molecule has 1 aliphatic heterocycles. The van der Waals surface area contributed by atoms with Crippen molar-refractivity contribution in [3.05, 3.63) is 11.6 Å². The molecule has 5 unspecified atom stereocenters. The minimum atomic E-state index is -1.47. The zero-order chi connectivity index (χ0) is 29.0. The number of aliphatic hydroxyl groups excluding tert-OH is 2. The first-order valence-corrected chi connectivity index (χ1v) is 24.4. The SMILES string of the molecule is CC(=O)O[C@H](C1C[C@H](O)C(C)=CC1(C)C)[C@@H]1[C@]2(O)CO[C@@H]2C[C@H](OP(P(P)P)P(P)P)[C@@]1(C)C(=O)[C@@H](C)O.[Ac]. The molecule has 0 aromatic carbocycles. The molecule has 3 rings (SSSR count). The quantitative estimate of drug-likeness (QED) is 0.166. The monoisotopic (exact) mass is 891 g/mol. The maximum atomic E-state index is 14.0. The number of hydrogen-bond acceptors (Lipinski definition) is 8. The van der Waals surface area contributed by atoms with Crippen LogP contribution in [0, 0.1) is 66.7 Å². The smallest absolute Gasteiger partial charge is 0.302 e. The van der Waals surface area contributed by atoms with E-state index in [-0.39, 0.29) is 57.1 Å².